The molecule has 2 N–H and O–H groups in total. The van der Waals surface area contributed by atoms with Crippen LogP contribution in [0, 0.1) is 5.82 Å². The lowest BCUT2D eigenvalue weighted by Gasteiger charge is -2.40. The lowest BCUT2D eigenvalue weighted by molar-refractivity contribution is -0.137. The Hall–Kier alpha value is -2.73. The second kappa shape index (κ2) is 9.49. The molecule has 34 heavy (non-hydrogen) atoms. The van der Waals surface area contributed by atoms with Gasteiger partial charge in [0.25, 0.3) is 0 Å². The number of ether oxygens (including phenoxy) is 1. The van der Waals surface area contributed by atoms with Crippen LogP contribution in [0.3, 0.4) is 0 Å². The Balaban J connectivity index is 1.94. The minimum absolute atomic E-state index is 0.119. The fourth-order valence-corrected chi connectivity index (χ4v) is 3.60. The topological polar surface area (TPSA) is 77.6 Å². The number of halogens is 8. The van der Waals surface area contributed by atoms with Gasteiger partial charge in [-0.15, -0.1) is 0 Å². The van der Waals surface area contributed by atoms with Crippen LogP contribution in [0.25, 0.3) is 0 Å². The number of hydrogen-bond donors (Lipinski definition) is 1. The Morgan fingerprint density at radius 2 is 1.82 bits per heavy atom. The average Bonchev–Trinajstić information content (AvgIpc) is 2.79. The van der Waals surface area contributed by atoms with Gasteiger partial charge >= 0.3 is 6.18 Å². The van der Waals surface area contributed by atoms with Crippen LogP contribution in [0.5, 0.6) is 0 Å². The lowest BCUT2D eigenvalue weighted by Crippen LogP contribution is -2.58. The Labute approximate surface area is 193 Å². The summed E-state index contributed by atoms with van der Waals surface area (Å²) in [5, 5.41) is -0.533. The first-order valence-electron chi connectivity index (χ1n) is 9.64. The first-order valence-corrected chi connectivity index (χ1v) is 10.0. The second-order valence-corrected chi connectivity index (χ2v) is 8.09. The van der Waals surface area contributed by atoms with Crippen molar-refractivity contribution in [2.24, 2.45) is 10.7 Å². The Kier molecular flexibility index (Phi) is 7.23. The molecule has 0 saturated heterocycles. The highest BCUT2D eigenvalue weighted by molar-refractivity contribution is 6.33. The number of Topliss-reactive ketones (excluding diaryl/α,β-unsaturated/α-hetero) is 1. The monoisotopic (exact) mass is 511 g/mol. The standard InChI is InChI=1S/C21H17ClF7N3O2/c22-14-5-12(21(27,28)29)6-31-17(14)16(33)4-11-1-2-15(26)13(3-11)19(7-23)10-34-20(8-24,9-25)18(30)32-19/h1-3,5-6H,4,7-10H2,(H2,30,32)/t19-/m0/s1. The van der Waals surface area contributed by atoms with Crippen molar-refractivity contribution in [3.63, 3.8) is 0 Å². The van der Waals surface area contributed by atoms with Gasteiger partial charge in [-0.2, -0.15) is 13.2 Å². The van der Waals surface area contributed by atoms with E-state index >= 15 is 0 Å². The highest BCUT2D eigenvalue weighted by Crippen LogP contribution is 2.37. The zero-order valence-electron chi connectivity index (χ0n) is 17.2. The van der Waals surface area contributed by atoms with Gasteiger partial charge in [-0.25, -0.2) is 17.6 Å². The minimum Gasteiger partial charge on any atom is -0.385 e. The van der Waals surface area contributed by atoms with Gasteiger partial charge in [0.1, 0.15) is 42.9 Å². The third-order valence-electron chi connectivity index (χ3n) is 5.37. The molecule has 1 aliphatic rings. The number of amidine groups is 1. The van der Waals surface area contributed by atoms with E-state index in [1.165, 1.54) is 6.07 Å². The maximum absolute atomic E-state index is 14.6. The molecule has 0 aliphatic carbocycles. The van der Waals surface area contributed by atoms with Gasteiger partial charge in [0.2, 0.25) is 0 Å². The molecule has 2 aromatic rings. The van der Waals surface area contributed by atoms with Crippen LogP contribution < -0.4 is 5.73 Å². The van der Waals surface area contributed by atoms with Gasteiger partial charge in [-0.3, -0.25) is 14.8 Å². The van der Waals surface area contributed by atoms with Crippen LogP contribution in [0.2, 0.25) is 5.02 Å². The smallest absolute Gasteiger partial charge is 0.385 e. The van der Waals surface area contributed by atoms with Gasteiger partial charge in [0, 0.05) is 18.2 Å². The number of pyridine rings is 1. The maximum atomic E-state index is 14.6. The van der Waals surface area contributed by atoms with Crippen LogP contribution in [-0.2, 0) is 22.9 Å². The van der Waals surface area contributed by atoms with Crippen LogP contribution in [0.1, 0.15) is 27.2 Å². The van der Waals surface area contributed by atoms with Crippen molar-refractivity contribution in [2.45, 2.75) is 23.7 Å². The Bertz CT molecular complexity index is 1120. The molecule has 5 nitrogen and oxygen atoms in total. The van der Waals surface area contributed by atoms with E-state index in [2.05, 4.69) is 9.98 Å². The number of nitrogens with two attached hydrogens (primary N) is 1. The van der Waals surface area contributed by atoms with Crippen LogP contribution in [0.15, 0.2) is 35.5 Å². The SMILES string of the molecule is NC1=N[C@](CF)(c2cc(CC(=O)c3ncc(C(F)(F)F)cc3Cl)ccc2F)COC1(CF)CF. The zero-order chi connectivity index (χ0) is 25.3. The van der Waals surface area contributed by atoms with Gasteiger partial charge in [-0.05, 0) is 23.8 Å². The van der Waals surface area contributed by atoms with Crippen molar-refractivity contribution >= 4 is 23.2 Å². The highest BCUT2D eigenvalue weighted by atomic mass is 35.5. The molecule has 0 saturated carbocycles. The predicted molar refractivity (Wildman–Crippen MR) is 109 cm³/mol. The van der Waals surface area contributed by atoms with E-state index in [1.54, 1.807) is 0 Å². The molecule has 1 aromatic heterocycles. The summed E-state index contributed by atoms with van der Waals surface area (Å²) < 4.78 is 98.8. The molecule has 3 rings (SSSR count). The number of nitrogens with zero attached hydrogens (tertiary/aromatic N) is 2. The molecule has 1 aromatic carbocycles. The number of carbonyl (C=O) groups excluding carboxylic acids is 1. The van der Waals surface area contributed by atoms with Crippen molar-refractivity contribution in [1.82, 2.24) is 4.98 Å². The van der Waals surface area contributed by atoms with E-state index in [4.69, 9.17) is 22.1 Å². The molecule has 1 atom stereocenters. The summed E-state index contributed by atoms with van der Waals surface area (Å²) in [5.41, 5.74) is -0.497. The summed E-state index contributed by atoms with van der Waals surface area (Å²) in [7, 11) is 0. The number of alkyl halides is 6. The summed E-state index contributed by atoms with van der Waals surface area (Å²) >= 11 is 5.79. The number of aromatic nitrogens is 1. The Morgan fingerprint density at radius 1 is 1.15 bits per heavy atom. The van der Waals surface area contributed by atoms with E-state index in [0.29, 0.717) is 12.3 Å². The van der Waals surface area contributed by atoms with Crippen LogP contribution in [-0.4, -0.2) is 48.8 Å². The summed E-state index contributed by atoms with van der Waals surface area (Å²) in [6.07, 6.45) is -4.74. The van der Waals surface area contributed by atoms with Gasteiger partial charge < -0.3 is 10.5 Å². The third-order valence-corrected chi connectivity index (χ3v) is 5.66. The normalized spacial score (nSPS) is 20.2. The zero-order valence-corrected chi connectivity index (χ0v) is 18.0. The molecule has 184 valence electrons. The Morgan fingerprint density at radius 3 is 2.35 bits per heavy atom. The molecule has 0 fully saturated rings. The van der Waals surface area contributed by atoms with E-state index in [0.717, 1.165) is 12.1 Å². The van der Waals surface area contributed by atoms with Crippen molar-refractivity contribution < 1.29 is 40.3 Å². The van der Waals surface area contributed by atoms with E-state index in [9.17, 15) is 35.5 Å². The van der Waals surface area contributed by atoms with Crippen molar-refractivity contribution in [2.75, 3.05) is 26.6 Å². The number of hydrogen-bond acceptors (Lipinski definition) is 5. The van der Waals surface area contributed by atoms with Gasteiger partial charge in [-0.1, -0.05) is 17.7 Å². The minimum atomic E-state index is -4.71. The maximum Gasteiger partial charge on any atom is 0.417 e. The molecule has 0 spiro atoms. The van der Waals surface area contributed by atoms with Gasteiger partial charge in [0.05, 0.1) is 17.2 Å². The second-order valence-electron chi connectivity index (χ2n) is 7.68. The lowest BCUT2D eigenvalue weighted by atomic mass is 9.87. The van der Waals surface area contributed by atoms with Crippen molar-refractivity contribution in [1.29, 1.82) is 0 Å². The summed E-state index contributed by atoms with van der Waals surface area (Å²) in [5.74, 6) is -2.43. The van der Waals surface area contributed by atoms with Crippen LogP contribution in [0.4, 0.5) is 30.7 Å². The molecule has 0 amide bonds. The molecular weight excluding hydrogens is 495 g/mol. The fourth-order valence-electron chi connectivity index (χ4n) is 3.33. The number of benzene rings is 1. The van der Waals surface area contributed by atoms with E-state index < -0.39 is 84.1 Å². The average molecular weight is 512 g/mol. The van der Waals surface area contributed by atoms with Crippen LogP contribution >= 0.6 is 11.6 Å². The third kappa shape index (κ3) is 4.74. The molecule has 0 bridgehead atoms. The number of aliphatic imine (C=N–C) groups is 1. The first kappa shape index (κ1) is 25.9. The quantitative estimate of drug-likeness (QED) is 0.437. The molecule has 1 aliphatic heterocycles. The predicted octanol–water partition coefficient (Wildman–Crippen LogP) is 4.55. The highest BCUT2D eigenvalue weighted by Gasteiger charge is 2.48. The van der Waals surface area contributed by atoms with E-state index in [1.807, 2.05) is 0 Å². The number of rotatable bonds is 7. The molecule has 0 unspecified atom stereocenters. The summed E-state index contributed by atoms with van der Waals surface area (Å²) in [6, 6.07) is 3.73. The molecule has 0 radical (unpaired) electrons. The first-order chi connectivity index (χ1) is 15.9. The summed E-state index contributed by atoms with van der Waals surface area (Å²) in [6.45, 7) is -4.83. The molecule has 13 heteroatoms. The van der Waals surface area contributed by atoms with Crippen molar-refractivity contribution in [3.05, 3.63) is 63.7 Å². The van der Waals surface area contributed by atoms with Crippen molar-refractivity contribution in [3.8, 4) is 0 Å². The fraction of sp³-hybridized carbons (Fsp3) is 0.381. The molecular formula is C21H17ClF7N3O2. The van der Waals surface area contributed by atoms with Gasteiger partial charge in [0.15, 0.2) is 11.4 Å². The molecule has 2 heterocycles. The number of ketones is 1. The largest absolute Gasteiger partial charge is 0.417 e. The number of carbonyl (C=O) groups is 1. The van der Waals surface area contributed by atoms with E-state index in [-0.39, 0.29) is 11.1 Å². The summed E-state index contributed by atoms with van der Waals surface area (Å²) in [4.78, 5) is 19.9.